The molecule has 0 radical (unpaired) electrons. The zero-order valence-corrected chi connectivity index (χ0v) is 13.7. The predicted octanol–water partition coefficient (Wildman–Crippen LogP) is 2.65. The standard InChI is InChI=1S/C16H14ClN7/c1-2-11-13(20-10-24-15(11)19-9-21-24)8-23-7-6-18-16(23)12-4-3-5-14(17)22-12/h3-7,9-10H,2,8H2,1H3. The molecule has 0 N–H and O–H groups in total. The number of pyridine rings is 1. The first-order valence-corrected chi connectivity index (χ1v) is 7.94. The molecule has 0 bridgehead atoms. The molecule has 4 aromatic rings. The molecule has 0 aliphatic heterocycles. The van der Waals surface area contributed by atoms with E-state index in [-0.39, 0.29) is 0 Å². The number of fused-ring (bicyclic) bond motifs is 1. The monoisotopic (exact) mass is 339 g/mol. The van der Waals surface area contributed by atoms with Gasteiger partial charge >= 0.3 is 0 Å². The molecular weight excluding hydrogens is 326 g/mol. The van der Waals surface area contributed by atoms with Crippen LogP contribution in [0.25, 0.3) is 17.2 Å². The molecule has 0 aliphatic rings. The Morgan fingerprint density at radius 3 is 2.92 bits per heavy atom. The minimum atomic E-state index is 0.444. The van der Waals surface area contributed by atoms with Crippen molar-refractivity contribution < 1.29 is 0 Å². The average molecular weight is 340 g/mol. The maximum Gasteiger partial charge on any atom is 0.162 e. The van der Waals surface area contributed by atoms with Crippen LogP contribution >= 0.6 is 11.6 Å². The first-order chi connectivity index (χ1) is 11.8. The van der Waals surface area contributed by atoms with Gasteiger partial charge in [-0.05, 0) is 18.6 Å². The van der Waals surface area contributed by atoms with Crippen LogP contribution in [0.3, 0.4) is 0 Å². The van der Waals surface area contributed by atoms with E-state index in [2.05, 4.69) is 32.0 Å². The van der Waals surface area contributed by atoms with Crippen molar-refractivity contribution in [3.63, 3.8) is 0 Å². The third-order valence-electron chi connectivity index (χ3n) is 3.85. The van der Waals surface area contributed by atoms with Crippen molar-refractivity contribution in [2.45, 2.75) is 19.9 Å². The predicted molar refractivity (Wildman–Crippen MR) is 89.7 cm³/mol. The van der Waals surface area contributed by atoms with E-state index in [4.69, 9.17) is 11.6 Å². The molecule has 0 aliphatic carbocycles. The number of hydrogen-bond acceptors (Lipinski definition) is 5. The molecule has 0 unspecified atom stereocenters. The van der Waals surface area contributed by atoms with Gasteiger partial charge in [-0.2, -0.15) is 5.10 Å². The fraction of sp³-hybridized carbons (Fsp3) is 0.188. The third kappa shape index (κ3) is 2.52. The van der Waals surface area contributed by atoms with Crippen molar-refractivity contribution in [2.24, 2.45) is 0 Å². The van der Waals surface area contributed by atoms with Crippen LogP contribution in [-0.2, 0) is 13.0 Å². The largest absolute Gasteiger partial charge is 0.324 e. The Bertz CT molecular complexity index is 1000. The summed E-state index contributed by atoms with van der Waals surface area (Å²) in [6.45, 7) is 2.67. The summed E-state index contributed by atoms with van der Waals surface area (Å²) in [5.74, 6) is 0.752. The molecule has 4 rings (SSSR count). The second-order valence-electron chi connectivity index (χ2n) is 5.28. The van der Waals surface area contributed by atoms with Gasteiger partial charge in [-0.1, -0.05) is 24.6 Å². The van der Waals surface area contributed by atoms with Gasteiger partial charge in [-0.15, -0.1) is 0 Å². The van der Waals surface area contributed by atoms with Crippen molar-refractivity contribution >= 4 is 17.2 Å². The van der Waals surface area contributed by atoms with Gasteiger partial charge in [0, 0.05) is 18.0 Å². The zero-order valence-electron chi connectivity index (χ0n) is 13.0. The van der Waals surface area contributed by atoms with Crippen LogP contribution in [0.2, 0.25) is 5.15 Å². The molecule has 0 spiro atoms. The number of halogens is 1. The maximum atomic E-state index is 6.00. The van der Waals surface area contributed by atoms with E-state index in [1.54, 1.807) is 29.4 Å². The molecule has 4 heterocycles. The van der Waals surface area contributed by atoms with E-state index >= 15 is 0 Å². The Hall–Kier alpha value is -2.80. The lowest BCUT2D eigenvalue weighted by molar-refractivity contribution is 0.752. The molecule has 0 fully saturated rings. The number of hydrogen-bond donors (Lipinski definition) is 0. The van der Waals surface area contributed by atoms with Crippen LogP contribution in [0.4, 0.5) is 0 Å². The molecule has 8 heteroatoms. The lowest BCUT2D eigenvalue weighted by Crippen LogP contribution is -2.09. The van der Waals surface area contributed by atoms with Crippen LogP contribution < -0.4 is 0 Å². The summed E-state index contributed by atoms with van der Waals surface area (Å²) in [7, 11) is 0. The third-order valence-corrected chi connectivity index (χ3v) is 4.06. The molecule has 0 aromatic carbocycles. The van der Waals surface area contributed by atoms with E-state index in [9.17, 15) is 0 Å². The molecule has 0 saturated heterocycles. The molecule has 120 valence electrons. The summed E-state index contributed by atoms with van der Waals surface area (Å²) in [5, 5.41) is 4.58. The summed E-state index contributed by atoms with van der Waals surface area (Å²) in [6.07, 6.45) is 7.71. The Morgan fingerprint density at radius 1 is 1.17 bits per heavy atom. The molecular formula is C16H14ClN7. The van der Waals surface area contributed by atoms with Crippen LogP contribution in [0.1, 0.15) is 18.2 Å². The van der Waals surface area contributed by atoms with Gasteiger partial charge in [0.2, 0.25) is 0 Å². The molecule has 7 nitrogen and oxygen atoms in total. The number of rotatable bonds is 4. The van der Waals surface area contributed by atoms with Gasteiger partial charge < -0.3 is 4.57 Å². The molecule has 4 aromatic heterocycles. The minimum absolute atomic E-state index is 0.444. The van der Waals surface area contributed by atoms with Gasteiger partial charge in [0.05, 0.1) is 12.2 Å². The van der Waals surface area contributed by atoms with E-state index < -0.39 is 0 Å². The lowest BCUT2D eigenvalue weighted by Gasteiger charge is -2.11. The molecule has 0 amide bonds. The second kappa shape index (κ2) is 6.01. The Kier molecular flexibility index (Phi) is 3.70. The van der Waals surface area contributed by atoms with E-state index in [0.29, 0.717) is 11.7 Å². The summed E-state index contributed by atoms with van der Waals surface area (Å²) in [4.78, 5) is 17.6. The molecule has 24 heavy (non-hydrogen) atoms. The SMILES string of the molecule is CCc1c(Cn2ccnc2-c2cccc(Cl)n2)ncn2ncnc12. The summed E-state index contributed by atoms with van der Waals surface area (Å²) in [6, 6.07) is 5.50. The quantitative estimate of drug-likeness (QED) is 0.534. The highest BCUT2D eigenvalue weighted by atomic mass is 35.5. The zero-order chi connectivity index (χ0) is 16.5. The molecule has 0 saturated carbocycles. The van der Waals surface area contributed by atoms with Gasteiger partial charge in [-0.25, -0.2) is 24.5 Å². The topological polar surface area (TPSA) is 73.8 Å². The highest BCUT2D eigenvalue weighted by molar-refractivity contribution is 6.29. The van der Waals surface area contributed by atoms with Crippen LogP contribution in [0, 0.1) is 0 Å². The summed E-state index contributed by atoms with van der Waals surface area (Å²) < 4.78 is 3.70. The summed E-state index contributed by atoms with van der Waals surface area (Å²) in [5.41, 5.74) is 3.59. The van der Waals surface area contributed by atoms with E-state index in [1.807, 2.05) is 22.9 Å². The van der Waals surface area contributed by atoms with Gasteiger partial charge in [-0.3, -0.25) is 0 Å². The highest BCUT2D eigenvalue weighted by Crippen LogP contribution is 2.20. The van der Waals surface area contributed by atoms with E-state index in [1.165, 1.54) is 0 Å². The first-order valence-electron chi connectivity index (χ1n) is 7.56. The Balaban J connectivity index is 1.76. The number of nitrogens with zero attached hydrogens (tertiary/aromatic N) is 7. The van der Waals surface area contributed by atoms with Crippen molar-refractivity contribution in [3.8, 4) is 11.5 Å². The number of aryl methyl sites for hydroxylation is 1. The van der Waals surface area contributed by atoms with E-state index in [0.717, 1.165) is 34.8 Å². The maximum absolute atomic E-state index is 6.00. The number of aromatic nitrogens is 7. The van der Waals surface area contributed by atoms with Crippen molar-refractivity contribution in [2.75, 3.05) is 0 Å². The summed E-state index contributed by atoms with van der Waals surface area (Å²) >= 11 is 6.00. The smallest absolute Gasteiger partial charge is 0.162 e. The van der Waals surface area contributed by atoms with Crippen LogP contribution in [0.15, 0.2) is 43.2 Å². The first kappa shape index (κ1) is 14.8. The van der Waals surface area contributed by atoms with Crippen molar-refractivity contribution in [1.29, 1.82) is 0 Å². The van der Waals surface area contributed by atoms with Gasteiger partial charge in [0.1, 0.15) is 23.5 Å². The van der Waals surface area contributed by atoms with Crippen molar-refractivity contribution in [3.05, 3.63) is 59.7 Å². The highest BCUT2D eigenvalue weighted by Gasteiger charge is 2.13. The van der Waals surface area contributed by atoms with Crippen LogP contribution in [-0.4, -0.2) is 34.1 Å². The fourth-order valence-corrected chi connectivity index (χ4v) is 2.91. The van der Waals surface area contributed by atoms with Gasteiger partial charge in [0.15, 0.2) is 11.5 Å². The lowest BCUT2D eigenvalue weighted by atomic mass is 10.1. The second-order valence-corrected chi connectivity index (χ2v) is 5.66. The van der Waals surface area contributed by atoms with Crippen LogP contribution in [0.5, 0.6) is 0 Å². The normalized spacial score (nSPS) is 11.2. The minimum Gasteiger partial charge on any atom is -0.324 e. The Morgan fingerprint density at radius 2 is 2.08 bits per heavy atom. The number of imidazole rings is 1. The van der Waals surface area contributed by atoms with Gasteiger partial charge in [0.25, 0.3) is 0 Å². The fourth-order valence-electron chi connectivity index (χ4n) is 2.74. The van der Waals surface area contributed by atoms with Crippen molar-refractivity contribution in [1.82, 2.24) is 34.1 Å². The average Bonchev–Trinajstić information content (AvgIpc) is 3.23. The molecule has 0 atom stereocenters. The Labute approximate surface area is 143 Å².